The maximum Gasteiger partial charge on any atom is 0.353 e. The van der Waals surface area contributed by atoms with Gasteiger partial charge in [-0.15, -0.1) is 0 Å². The maximum absolute atomic E-state index is 10.6. The molecular formula is C11H13N3O2. The summed E-state index contributed by atoms with van der Waals surface area (Å²) >= 11 is 0. The molecule has 6 N–H and O–H groups in total. The second-order valence-electron chi connectivity index (χ2n) is 3.02. The van der Waals surface area contributed by atoms with E-state index in [0.29, 0.717) is 0 Å². The molecule has 0 unspecified atom stereocenters. The molecule has 0 fully saturated rings. The van der Waals surface area contributed by atoms with Gasteiger partial charge >= 0.3 is 5.97 Å². The van der Waals surface area contributed by atoms with Crippen LogP contribution >= 0.6 is 0 Å². The number of carboxylic acids is 1. The molecule has 0 spiro atoms. The first-order valence-electron chi connectivity index (χ1n) is 4.58. The molecule has 5 nitrogen and oxygen atoms in total. The number of benzene rings is 1. The number of rotatable bonds is 4. The molecule has 1 rings (SSSR count). The molecule has 5 heteroatoms. The number of aliphatic carboxylic acids is 1. The van der Waals surface area contributed by atoms with E-state index in [1.54, 1.807) is 6.08 Å². The second-order valence-corrected chi connectivity index (χ2v) is 3.02. The normalized spacial score (nSPS) is 12.3. The van der Waals surface area contributed by atoms with Crippen molar-refractivity contribution in [3.05, 3.63) is 53.4 Å². The van der Waals surface area contributed by atoms with Gasteiger partial charge in [0.2, 0.25) is 0 Å². The van der Waals surface area contributed by atoms with Gasteiger partial charge in [-0.1, -0.05) is 36.4 Å². The fourth-order valence-electron chi connectivity index (χ4n) is 1.07. The zero-order valence-corrected chi connectivity index (χ0v) is 8.55. The molecule has 0 saturated carbocycles. The number of nitrogens with two attached hydrogens (primary N) is 2. The molecule has 1 aromatic rings. The number of carboxylic acid groups (broad SMARTS) is 1. The van der Waals surface area contributed by atoms with Gasteiger partial charge in [-0.25, -0.2) is 4.79 Å². The highest BCUT2D eigenvalue weighted by atomic mass is 16.4. The van der Waals surface area contributed by atoms with Gasteiger partial charge in [-0.3, -0.25) is 5.84 Å². The van der Waals surface area contributed by atoms with E-state index in [2.05, 4.69) is 5.43 Å². The largest absolute Gasteiger partial charge is 0.477 e. The first-order chi connectivity index (χ1) is 7.65. The van der Waals surface area contributed by atoms with Gasteiger partial charge in [0.1, 0.15) is 5.70 Å². The van der Waals surface area contributed by atoms with Crippen LogP contribution in [0.5, 0.6) is 0 Å². The number of hydrazine groups is 1. The van der Waals surface area contributed by atoms with Gasteiger partial charge in [0.15, 0.2) is 0 Å². The maximum atomic E-state index is 10.6. The van der Waals surface area contributed by atoms with Crippen molar-refractivity contribution >= 4 is 12.0 Å². The molecule has 0 amide bonds. The number of allylic oxidation sites excluding steroid dienone is 1. The number of hydrogen-bond acceptors (Lipinski definition) is 4. The predicted octanol–water partition coefficient (Wildman–Crippen LogP) is 0.418. The molecular weight excluding hydrogens is 206 g/mol. The Balaban J connectivity index is 2.91. The van der Waals surface area contributed by atoms with Crippen molar-refractivity contribution in [3.63, 3.8) is 0 Å². The predicted molar refractivity (Wildman–Crippen MR) is 61.6 cm³/mol. The minimum atomic E-state index is -1.22. The Morgan fingerprint density at radius 3 is 2.44 bits per heavy atom. The van der Waals surface area contributed by atoms with Crippen LogP contribution in [-0.4, -0.2) is 11.1 Å². The summed E-state index contributed by atoms with van der Waals surface area (Å²) in [7, 11) is 0. The summed E-state index contributed by atoms with van der Waals surface area (Å²) in [6, 6.07) is 9.39. The highest BCUT2D eigenvalue weighted by Crippen LogP contribution is 2.04. The van der Waals surface area contributed by atoms with Gasteiger partial charge in [-0.2, -0.15) is 0 Å². The summed E-state index contributed by atoms with van der Waals surface area (Å²) in [5, 5.41) is 8.67. The van der Waals surface area contributed by atoms with Crippen LogP contribution in [0.2, 0.25) is 0 Å². The van der Waals surface area contributed by atoms with Crippen molar-refractivity contribution in [1.29, 1.82) is 0 Å². The Hall–Kier alpha value is -2.27. The quantitative estimate of drug-likeness (QED) is 0.254. The molecule has 0 atom stereocenters. The number of carbonyl (C=O) groups is 1. The zero-order valence-electron chi connectivity index (χ0n) is 8.55. The van der Waals surface area contributed by atoms with Crippen LogP contribution in [0.3, 0.4) is 0 Å². The molecule has 84 valence electrons. The van der Waals surface area contributed by atoms with Crippen LogP contribution in [0.15, 0.2) is 47.8 Å². The first-order valence-corrected chi connectivity index (χ1v) is 4.58. The van der Waals surface area contributed by atoms with Gasteiger partial charge in [0.05, 0.1) is 5.70 Å². The van der Waals surface area contributed by atoms with E-state index in [0.717, 1.165) is 5.56 Å². The molecule has 0 heterocycles. The van der Waals surface area contributed by atoms with Crippen LogP contribution in [0, 0.1) is 0 Å². The summed E-state index contributed by atoms with van der Waals surface area (Å²) in [6.45, 7) is 0. The lowest BCUT2D eigenvalue weighted by Crippen LogP contribution is -2.26. The van der Waals surface area contributed by atoms with Crippen LogP contribution in [0.1, 0.15) is 5.56 Å². The molecule has 0 radical (unpaired) electrons. The second kappa shape index (κ2) is 5.57. The van der Waals surface area contributed by atoms with E-state index in [9.17, 15) is 4.79 Å². The third kappa shape index (κ3) is 3.14. The summed E-state index contributed by atoms with van der Waals surface area (Å²) in [5.41, 5.74) is 8.33. The Labute approximate surface area is 93.0 Å². The molecule has 1 aromatic carbocycles. The summed E-state index contributed by atoms with van der Waals surface area (Å²) in [4.78, 5) is 10.6. The monoisotopic (exact) mass is 219 g/mol. The molecule has 16 heavy (non-hydrogen) atoms. The van der Waals surface area contributed by atoms with Gasteiger partial charge in [0.25, 0.3) is 0 Å². The van der Waals surface area contributed by atoms with E-state index in [-0.39, 0.29) is 11.4 Å². The van der Waals surface area contributed by atoms with E-state index in [1.165, 1.54) is 6.08 Å². The third-order valence-electron chi connectivity index (χ3n) is 1.92. The van der Waals surface area contributed by atoms with E-state index >= 15 is 0 Å². The van der Waals surface area contributed by atoms with Crippen molar-refractivity contribution in [2.75, 3.05) is 0 Å². The average molecular weight is 219 g/mol. The molecule has 0 aliphatic heterocycles. The first kappa shape index (κ1) is 11.8. The van der Waals surface area contributed by atoms with Crippen molar-refractivity contribution in [3.8, 4) is 0 Å². The van der Waals surface area contributed by atoms with Crippen LogP contribution in [0.25, 0.3) is 6.08 Å². The number of nitrogens with one attached hydrogen (secondary N) is 1. The van der Waals surface area contributed by atoms with Crippen molar-refractivity contribution in [2.45, 2.75) is 0 Å². The van der Waals surface area contributed by atoms with Gasteiger partial charge in [-0.05, 0) is 11.6 Å². The lowest BCUT2D eigenvalue weighted by atomic mass is 10.2. The van der Waals surface area contributed by atoms with E-state index in [1.807, 2.05) is 30.3 Å². The van der Waals surface area contributed by atoms with Crippen LogP contribution < -0.4 is 17.0 Å². The Morgan fingerprint density at radius 1 is 1.31 bits per heavy atom. The Morgan fingerprint density at radius 2 is 1.94 bits per heavy atom. The fraction of sp³-hybridized carbons (Fsp3) is 0. The topological polar surface area (TPSA) is 101 Å². The SMILES string of the molecule is NNC(/C=C/c1ccccc1)=C(\N)C(=O)O. The smallest absolute Gasteiger partial charge is 0.353 e. The molecule has 0 aliphatic rings. The Kier molecular flexibility index (Phi) is 4.11. The lowest BCUT2D eigenvalue weighted by Gasteiger charge is -2.03. The van der Waals surface area contributed by atoms with Crippen molar-refractivity contribution in [1.82, 2.24) is 5.43 Å². The summed E-state index contributed by atoms with van der Waals surface area (Å²) < 4.78 is 0. The zero-order chi connectivity index (χ0) is 12.0. The number of hydrogen-bond donors (Lipinski definition) is 4. The Bertz CT molecular complexity index is 424. The molecule has 0 aliphatic carbocycles. The minimum Gasteiger partial charge on any atom is -0.477 e. The third-order valence-corrected chi connectivity index (χ3v) is 1.92. The fourth-order valence-corrected chi connectivity index (χ4v) is 1.07. The molecule has 0 saturated heterocycles. The van der Waals surface area contributed by atoms with Crippen molar-refractivity contribution < 1.29 is 9.90 Å². The van der Waals surface area contributed by atoms with Crippen LogP contribution in [0.4, 0.5) is 0 Å². The standard InChI is InChI=1S/C11H13N3O2/c12-10(11(15)16)9(14-13)7-6-8-4-2-1-3-5-8/h1-7,14H,12-13H2,(H,15,16)/b7-6+,10-9-. The van der Waals surface area contributed by atoms with Crippen LogP contribution in [-0.2, 0) is 4.79 Å². The summed E-state index contributed by atoms with van der Waals surface area (Å²) in [5.74, 6) is 3.96. The highest BCUT2D eigenvalue weighted by Gasteiger charge is 2.06. The van der Waals surface area contributed by atoms with E-state index < -0.39 is 5.97 Å². The minimum absolute atomic E-state index is 0.163. The highest BCUT2D eigenvalue weighted by molar-refractivity contribution is 5.87. The van der Waals surface area contributed by atoms with E-state index in [4.69, 9.17) is 16.7 Å². The average Bonchev–Trinajstić information content (AvgIpc) is 2.30. The molecule has 0 bridgehead atoms. The van der Waals surface area contributed by atoms with Gasteiger partial charge < -0.3 is 16.3 Å². The van der Waals surface area contributed by atoms with Crippen molar-refractivity contribution in [2.24, 2.45) is 11.6 Å². The van der Waals surface area contributed by atoms with Gasteiger partial charge in [0, 0.05) is 0 Å². The summed E-state index contributed by atoms with van der Waals surface area (Å²) in [6.07, 6.45) is 3.23. The molecule has 0 aromatic heterocycles. The lowest BCUT2D eigenvalue weighted by molar-refractivity contribution is -0.132.